The molecule has 0 aromatic rings. The highest BCUT2D eigenvalue weighted by Crippen LogP contribution is 2.39. The summed E-state index contributed by atoms with van der Waals surface area (Å²) in [6, 6.07) is 0. The number of nitrogens with zero attached hydrogens (tertiary/aromatic N) is 1. The van der Waals surface area contributed by atoms with Crippen LogP contribution in [0.4, 0.5) is 0 Å². The van der Waals surface area contributed by atoms with Gasteiger partial charge in [-0.3, -0.25) is 0 Å². The second kappa shape index (κ2) is 24.1. The maximum Gasteiger partial charge on any atom is 0.404 e. The molecule has 0 aromatic carbocycles. The van der Waals surface area contributed by atoms with E-state index in [0.717, 1.165) is 0 Å². The van der Waals surface area contributed by atoms with Crippen molar-refractivity contribution < 1.29 is 19.2 Å². The highest BCUT2D eigenvalue weighted by atomic mass is 16.7. The molecular weight excluding hydrogens is 618 g/mol. The minimum atomic E-state index is -0.799. The van der Waals surface area contributed by atoms with Crippen LogP contribution in [-0.2, 0) is 19.2 Å². The molecule has 0 N–H and O–H groups in total. The van der Waals surface area contributed by atoms with Crippen LogP contribution in [0, 0.1) is 189 Å². The van der Waals surface area contributed by atoms with Crippen molar-refractivity contribution in [3.05, 3.63) is 0 Å². The first-order valence-corrected chi connectivity index (χ1v) is 14.2. The van der Waals surface area contributed by atoms with E-state index >= 15 is 0 Å². The number of rotatable bonds is 2. The van der Waals surface area contributed by atoms with Crippen molar-refractivity contribution in [3.63, 3.8) is 0 Å². The summed E-state index contributed by atoms with van der Waals surface area (Å²) in [5, 5.41) is 1.55. The molecule has 0 spiro atoms. The molecule has 232 valence electrons. The van der Waals surface area contributed by atoms with E-state index in [2.05, 4.69) is 189 Å². The predicted octanol–water partition coefficient (Wildman–Crippen LogP) is 2.10. The topological polar surface area (TPSA) is 55.8 Å². The number of esters is 1. The van der Waals surface area contributed by atoms with Crippen LogP contribution in [0.2, 0.25) is 0 Å². The summed E-state index contributed by atoms with van der Waals surface area (Å²) in [6.45, 7) is 10.8. The summed E-state index contributed by atoms with van der Waals surface area (Å²) < 4.78 is 5.56. The molecule has 0 aliphatic carbocycles. The summed E-state index contributed by atoms with van der Waals surface area (Å²) in [5.41, 5.74) is -1.41. The lowest BCUT2D eigenvalue weighted by Crippen LogP contribution is -2.62. The van der Waals surface area contributed by atoms with Gasteiger partial charge in [-0.05, 0) is 207 Å². The van der Waals surface area contributed by atoms with E-state index < -0.39 is 29.1 Å². The average molecular weight is 642 g/mol. The Morgan fingerprint density at radius 1 is 0.440 bits per heavy atom. The van der Waals surface area contributed by atoms with Gasteiger partial charge < -0.3 is 9.57 Å². The van der Waals surface area contributed by atoms with E-state index in [1.807, 2.05) is 27.7 Å². The molecule has 0 aromatic heterocycles. The lowest BCUT2D eigenvalue weighted by molar-refractivity contribution is -0.272. The van der Waals surface area contributed by atoms with Gasteiger partial charge in [0, 0.05) is 24.7 Å². The Morgan fingerprint density at radius 3 is 1.00 bits per heavy atom. The van der Waals surface area contributed by atoms with Gasteiger partial charge in [-0.2, -0.15) is 0 Å². The normalized spacial score (nSPS) is 11.0. The maximum atomic E-state index is 12.4. The molecule has 0 amide bonds. The number of piperidine rings is 1. The summed E-state index contributed by atoms with van der Waals surface area (Å²) in [7, 11) is 0. The van der Waals surface area contributed by atoms with E-state index in [1.165, 1.54) is 0 Å². The third-order valence-corrected chi connectivity index (χ3v) is 5.21. The zero-order chi connectivity index (χ0) is 36.8. The van der Waals surface area contributed by atoms with Gasteiger partial charge in [0.2, 0.25) is 0 Å². The van der Waals surface area contributed by atoms with Gasteiger partial charge in [0.1, 0.15) is 6.10 Å². The van der Waals surface area contributed by atoms with Crippen LogP contribution in [0.5, 0.6) is 0 Å². The molecular formula is C45H23NO4. The fourth-order valence-electron chi connectivity index (χ4n) is 3.83. The SMILES string of the molecule is CC#CC#CC#CC#CC#CC#CC#CC#CC(=O)OC1CC(C)(C)N(OC(=O)C#CC#CC#CC#CC#CC#CC#CC#CC)C(C)(C)C1. The number of hydrogen-bond donors (Lipinski definition) is 0. The standard InChI is InChI=1S/C45H23NO4/c1-7-9-11-13-15-17-19-21-23-25-27-29-31-33-35-37-42(47)49-41-39-44(3,4)46(45(5,6)40-41)50-43(48)38-36-34-32-30-28-26-24-22-20-18-16-14-12-10-8-2/h41H,39-40H2,1-6H3. The van der Waals surface area contributed by atoms with E-state index in [9.17, 15) is 9.59 Å². The number of hydroxylamine groups is 2. The second-order valence-corrected chi connectivity index (χ2v) is 9.98. The van der Waals surface area contributed by atoms with Crippen LogP contribution in [0.25, 0.3) is 0 Å². The van der Waals surface area contributed by atoms with E-state index in [-0.39, 0.29) is 0 Å². The Bertz CT molecular complexity index is 2430. The Morgan fingerprint density at radius 2 is 0.700 bits per heavy atom. The summed E-state index contributed by atoms with van der Waals surface area (Å²) in [5.74, 6) is 78.1. The van der Waals surface area contributed by atoms with Crippen molar-refractivity contribution in [3.8, 4) is 189 Å². The summed E-state index contributed by atoms with van der Waals surface area (Å²) in [6.07, 6.45) is 0.247. The zero-order valence-electron chi connectivity index (χ0n) is 28.1. The zero-order valence-corrected chi connectivity index (χ0v) is 28.1. The fourth-order valence-corrected chi connectivity index (χ4v) is 3.83. The molecule has 1 rings (SSSR count). The van der Waals surface area contributed by atoms with Crippen molar-refractivity contribution in [1.29, 1.82) is 0 Å². The summed E-state index contributed by atoms with van der Waals surface area (Å²) >= 11 is 0. The lowest BCUT2D eigenvalue weighted by Gasteiger charge is -2.51. The predicted molar refractivity (Wildman–Crippen MR) is 191 cm³/mol. The van der Waals surface area contributed by atoms with Gasteiger partial charge in [-0.1, -0.05) is 11.8 Å². The van der Waals surface area contributed by atoms with Crippen molar-refractivity contribution in [2.45, 2.75) is 71.6 Å². The van der Waals surface area contributed by atoms with Crippen LogP contribution in [-0.4, -0.2) is 34.2 Å². The largest absolute Gasteiger partial charge is 0.453 e. The number of ether oxygens (including phenoxy) is 1. The van der Waals surface area contributed by atoms with Gasteiger partial charge in [0.05, 0.1) is 11.1 Å². The third kappa shape index (κ3) is 19.3. The molecule has 1 saturated heterocycles. The number of carbonyl (C=O) groups excluding carboxylic acids is 2. The molecule has 0 unspecified atom stereocenters. The van der Waals surface area contributed by atoms with Crippen molar-refractivity contribution in [1.82, 2.24) is 5.06 Å². The van der Waals surface area contributed by atoms with Gasteiger partial charge >= 0.3 is 11.9 Å². The molecule has 0 saturated carbocycles. The minimum Gasteiger partial charge on any atom is -0.453 e. The third-order valence-electron chi connectivity index (χ3n) is 5.21. The van der Waals surface area contributed by atoms with Crippen molar-refractivity contribution in [2.24, 2.45) is 0 Å². The van der Waals surface area contributed by atoms with Crippen molar-refractivity contribution >= 4 is 11.9 Å². The lowest BCUT2D eigenvalue weighted by atomic mass is 9.80. The Labute approximate surface area is 296 Å². The van der Waals surface area contributed by atoms with Crippen LogP contribution in [0.3, 0.4) is 0 Å². The molecule has 1 aliphatic heterocycles. The molecule has 5 heteroatoms. The monoisotopic (exact) mass is 641 g/mol. The van der Waals surface area contributed by atoms with E-state index in [0.29, 0.717) is 12.8 Å². The minimum absolute atomic E-state index is 0.367. The smallest absolute Gasteiger partial charge is 0.404 e. The first-order valence-electron chi connectivity index (χ1n) is 14.2. The molecule has 0 atom stereocenters. The first-order chi connectivity index (χ1) is 24.1. The fraction of sp³-hybridized carbons (Fsp3) is 0.244. The molecule has 1 fully saturated rings. The molecule has 1 heterocycles. The van der Waals surface area contributed by atoms with Crippen LogP contribution in [0.1, 0.15) is 54.4 Å². The highest BCUT2D eigenvalue weighted by molar-refractivity contribution is 5.89. The van der Waals surface area contributed by atoms with Gasteiger partial charge in [0.25, 0.3) is 0 Å². The van der Waals surface area contributed by atoms with Crippen LogP contribution < -0.4 is 0 Å². The van der Waals surface area contributed by atoms with Gasteiger partial charge in [-0.25, -0.2) is 9.59 Å². The Balaban J connectivity index is 2.68. The Kier molecular flexibility index (Phi) is 19.3. The van der Waals surface area contributed by atoms with Crippen LogP contribution in [0.15, 0.2) is 0 Å². The first kappa shape index (κ1) is 39.9. The van der Waals surface area contributed by atoms with Gasteiger partial charge in [-0.15, -0.1) is 5.06 Å². The average Bonchev–Trinajstić information content (AvgIpc) is 3.06. The summed E-state index contributed by atoms with van der Waals surface area (Å²) in [4.78, 5) is 30.3. The second-order valence-electron chi connectivity index (χ2n) is 9.98. The molecule has 0 bridgehead atoms. The number of hydrogen-bond acceptors (Lipinski definition) is 5. The van der Waals surface area contributed by atoms with E-state index in [4.69, 9.17) is 9.57 Å². The Hall–Kier alpha value is -8.14. The molecule has 50 heavy (non-hydrogen) atoms. The maximum absolute atomic E-state index is 12.4. The molecule has 5 nitrogen and oxygen atoms in total. The van der Waals surface area contributed by atoms with Crippen LogP contribution >= 0.6 is 0 Å². The number of carbonyl (C=O) groups is 2. The molecule has 0 radical (unpaired) electrons. The quantitative estimate of drug-likeness (QED) is 0.263. The highest BCUT2D eigenvalue weighted by Gasteiger charge is 2.49. The molecule has 1 aliphatic rings. The van der Waals surface area contributed by atoms with E-state index in [1.54, 1.807) is 18.9 Å². The van der Waals surface area contributed by atoms with Crippen molar-refractivity contribution in [2.75, 3.05) is 0 Å². The van der Waals surface area contributed by atoms with Gasteiger partial charge in [0.15, 0.2) is 0 Å².